The molecule has 1 aliphatic rings. The number of carbonyl (C=O) groups is 1. The molecule has 1 aromatic carbocycles. The quantitative estimate of drug-likeness (QED) is 0.682. The number of urea groups is 1. The van der Waals surface area contributed by atoms with Gasteiger partial charge in [-0.25, -0.2) is 9.78 Å². The Morgan fingerprint density at radius 1 is 1.19 bits per heavy atom. The first-order chi connectivity index (χ1) is 14.8. The Hall–Kier alpha value is -3.69. The number of nitrogens with one attached hydrogen (secondary N) is 1. The second-order valence-electron chi connectivity index (χ2n) is 6.90. The zero-order chi connectivity index (χ0) is 22.0. The van der Waals surface area contributed by atoms with E-state index in [0.717, 1.165) is 17.8 Å². The number of fused-ring (bicyclic) bond motifs is 1. The molecule has 7 nitrogen and oxygen atoms in total. The van der Waals surface area contributed by atoms with Crippen molar-refractivity contribution < 1.29 is 22.7 Å². The lowest BCUT2D eigenvalue weighted by atomic mass is 10.1. The number of hydrogen-bond acceptors (Lipinski definition) is 5. The lowest BCUT2D eigenvalue weighted by Crippen LogP contribution is -2.44. The van der Waals surface area contributed by atoms with Gasteiger partial charge in [0.2, 0.25) is 0 Å². The summed E-state index contributed by atoms with van der Waals surface area (Å²) in [5.74, 6) is 0.626. The number of alkyl halides is 3. The summed E-state index contributed by atoms with van der Waals surface area (Å²) in [7, 11) is 0. The zero-order valence-corrected chi connectivity index (χ0v) is 16.5. The van der Waals surface area contributed by atoms with E-state index in [1.165, 1.54) is 17.0 Å². The number of pyridine rings is 1. The minimum absolute atomic E-state index is 0.173. The molecule has 0 atom stereocenters. The summed E-state index contributed by atoms with van der Waals surface area (Å²) in [5, 5.41) is 2.76. The average molecular weight is 429 g/mol. The summed E-state index contributed by atoms with van der Waals surface area (Å²) < 4.78 is 44.7. The number of rotatable bonds is 3. The van der Waals surface area contributed by atoms with Crippen LogP contribution in [0.25, 0.3) is 11.3 Å². The third-order valence-electron chi connectivity index (χ3n) is 4.65. The van der Waals surface area contributed by atoms with Crippen molar-refractivity contribution >= 4 is 11.8 Å². The van der Waals surface area contributed by atoms with Crippen LogP contribution in [-0.4, -0.2) is 34.1 Å². The van der Waals surface area contributed by atoms with Crippen molar-refractivity contribution in [1.82, 2.24) is 20.3 Å². The van der Waals surface area contributed by atoms with Crippen LogP contribution in [0.4, 0.5) is 23.8 Å². The highest BCUT2D eigenvalue weighted by atomic mass is 19.4. The van der Waals surface area contributed by atoms with E-state index in [2.05, 4.69) is 20.3 Å². The fourth-order valence-corrected chi connectivity index (χ4v) is 3.08. The molecule has 1 N–H and O–H groups in total. The van der Waals surface area contributed by atoms with Gasteiger partial charge in [0.1, 0.15) is 6.61 Å². The van der Waals surface area contributed by atoms with Crippen molar-refractivity contribution in [2.75, 3.05) is 18.1 Å². The molecule has 4 rings (SSSR count). The molecule has 160 valence electrons. The predicted molar refractivity (Wildman–Crippen MR) is 107 cm³/mol. The second kappa shape index (κ2) is 8.21. The lowest BCUT2D eigenvalue weighted by molar-refractivity contribution is -0.137. The van der Waals surface area contributed by atoms with E-state index in [-0.39, 0.29) is 25.5 Å². The summed E-state index contributed by atoms with van der Waals surface area (Å²) >= 11 is 0. The fourth-order valence-electron chi connectivity index (χ4n) is 3.08. The van der Waals surface area contributed by atoms with Gasteiger partial charge in [0.05, 0.1) is 41.9 Å². The minimum atomic E-state index is -4.46. The third-order valence-corrected chi connectivity index (χ3v) is 4.65. The van der Waals surface area contributed by atoms with Crippen molar-refractivity contribution in [3.63, 3.8) is 0 Å². The first-order valence-electron chi connectivity index (χ1n) is 9.45. The molecule has 1 aliphatic heterocycles. The van der Waals surface area contributed by atoms with Crippen molar-refractivity contribution in [3.8, 4) is 17.0 Å². The van der Waals surface area contributed by atoms with Crippen LogP contribution in [0, 0.1) is 6.92 Å². The van der Waals surface area contributed by atoms with Gasteiger partial charge in [0.25, 0.3) is 0 Å². The minimum Gasteiger partial charge on any atom is -0.488 e. The number of nitrogens with zero attached hydrogens (tertiary/aromatic N) is 4. The van der Waals surface area contributed by atoms with Gasteiger partial charge < -0.3 is 10.1 Å². The average Bonchev–Trinajstić information content (AvgIpc) is 2.77. The smallest absolute Gasteiger partial charge is 0.416 e. The number of halogens is 3. The van der Waals surface area contributed by atoms with Crippen molar-refractivity contribution in [1.29, 1.82) is 0 Å². The molecule has 0 saturated heterocycles. The van der Waals surface area contributed by atoms with E-state index in [0.29, 0.717) is 22.7 Å². The van der Waals surface area contributed by atoms with E-state index in [1.807, 2.05) is 6.92 Å². The van der Waals surface area contributed by atoms with Crippen LogP contribution in [-0.2, 0) is 12.7 Å². The maximum absolute atomic E-state index is 13.1. The summed E-state index contributed by atoms with van der Waals surface area (Å²) in [4.78, 5) is 26.9. The zero-order valence-electron chi connectivity index (χ0n) is 16.5. The molecule has 0 bridgehead atoms. The monoisotopic (exact) mass is 429 g/mol. The molecular formula is C21H18F3N5O2. The number of ether oxygens (including phenoxy) is 1. The number of carbonyl (C=O) groups excluding carboxylic acids is 1. The molecule has 0 unspecified atom stereocenters. The van der Waals surface area contributed by atoms with Crippen molar-refractivity contribution in [2.24, 2.45) is 0 Å². The molecule has 2 amide bonds. The van der Waals surface area contributed by atoms with Crippen LogP contribution >= 0.6 is 0 Å². The summed E-state index contributed by atoms with van der Waals surface area (Å²) in [6.07, 6.45) is -1.28. The highest BCUT2D eigenvalue weighted by Gasteiger charge is 2.31. The first-order valence-corrected chi connectivity index (χ1v) is 9.45. The van der Waals surface area contributed by atoms with Gasteiger partial charge in [-0.3, -0.25) is 14.9 Å². The number of amides is 2. The summed E-state index contributed by atoms with van der Waals surface area (Å²) in [6, 6.07) is 7.63. The Bertz CT molecular complexity index is 1100. The standard InChI is InChI=1S/C21H18F3N5O2/c1-13-10-26-16(11-25-13)12-27-20(30)29-7-8-31-18-6-5-17(28-19(18)29)14-3-2-4-15(9-14)21(22,23)24/h2-6,9-11H,7-8,12H2,1H3,(H,27,30). The molecule has 0 aliphatic carbocycles. The first kappa shape index (κ1) is 20.6. The molecule has 0 radical (unpaired) electrons. The van der Waals surface area contributed by atoms with E-state index in [1.54, 1.807) is 24.5 Å². The van der Waals surface area contributed by atoms with Crippen LogP contribution < -0.4 is 15.0 Å². The third kappa shape index (κ3) is 4.57. The Morgan fingerprint density at radius 3 is 2.77 bits per heavy atom. The Kier molecular flexibility index (Phi) is 5.45. The van der Waals surface area contributed by atoms with Gasteiger partial charge in [-0.2, -0.15) is 13.2 Å². The van der Waals surface area contributed by atoms with Crippen LogP contribution in [0.15, 0.2) is 48.8 Å². The van der Waals surface area contributed by atoms with E-state index in [9.17, 15) is 18.0 Å². The SMILES string of the molecule is Cc1cnc(CNC(=O)N2CCOc3ccc(-c4cccc(C(F)(F)F)c4)nc32)cn1. The number of aryl methyl sites for hydroxylation is 1. The highest BCUT2D eigenvalue weighted by molar-refractivity contribution is 5.93. The Labute approximate surface area is 175 Å². The number of aromatic nitrogens is 3. The van der Waals surface area contributed by atoms with Crippen LogP contribution in [0.2, 0.25) is 0 Å². The number of anilines is 1. The molecule has 0 spiro atoms. The van der Waals surface area contributed by atoms with E-state index < -0.39 is 17.8 Å². The topological polar surface area (TPSA) is 80.2 Å². The van der Waals surface area contributed by atoms with E-state index >= 15 is 0 Å². The summed E-state index contributed by atoms with van der Waals surface area (Å²) in [5.41, 5.74) is 1.19. The molecule has 2 aromatic heterocycles. The highest BCUT2D eigenvalue weighted by Crippen LogP contribution is 2.35. The normalized spacial score (nSPS) is 13.4. The lowest BCUT2D eigenvalue weighted by Gasteiger charge is -2.28. The van der Waals surface area contributed by atoms with Crippen LogP contribution in [0.1, 0.15) is 17.0 Å². The molecule has 10 heteroatoms. The molecule has 3 heterocycles. The number of hydrogen-bond donors (Lipinski definition) is 1. The van der Waals surface area contributed by atoms with Crippen LogP contribution in [0.5, 0.6) is 5.75 Å². The maximum atomic E-state index is 13.1. The van der Waals surface area contributed by atoms with E-state index in [4.69, 9.17) is 4.74 Å². The van der Waals surface area contributed by atoms with Crippen molar-refractivity contribution in [3.05, 3.63) is 65.7 Å². The second-order valence-corrected chi connectivity index (χ2v) is 6.90. The van der Waals surface area contributed by atoms with Gasteiger partial charge in [-0.05, 0) is 31.2 Å². The van der Waals surface area contributed by atoms with Gasteiger partial charge in [0, 0.05) is 11.8 Å². The van der Waals surface area contributed by atoms with Crippen molar-refractivity contribution in [2.45, 2.75) is 19.6 Å². The Morgan fingerprint density at radius 2 is 2.03 bits per heavy atom. The van der Waals surface area contributed by atoms with Gasteiger partial charge in [-0.15, -0.1) is 0 Å². The molecule has 3 aromatic rings. The molecule has 0 fully saturated rings. The number of benzene rings is 1. The van der Waals surface area contributed by atoms with Gasteiger partial charge >= 0.3 is 12.2 Å². The van der Waals surface area contributed by atoms with Gasteiger partial charge in [0.15, 0.2) is 11.6 Å². The van der Waals surface area contributed by atoms with Gasteiger partial charge in [-0.1, -0.05) is 12.1 Å². The van der Waals surface area contributed by atoms with Crippen LogP contribution in [0.3, 0.4) is 0 Å². The summed E-state index contributed by atoms with van der Waals surface area (Å²) in [6.45, 7) is 2.51. The predicted octanol–water partition coefficient (Wildman–Crippen LogP) is 3.97. The molecule has 0 saturated carbocycles. The fraction of sp³-hybridized carbons (Fsp3) is 0.238. The Balaban J connectivity index is 1.57. The maximum Gasteiger partial charge on any atom is 0.416 e. The largest absolute Gasteiger partial charge is 0.488 e. The molecular weight excluding hydrogens is 411 g/mol. The molecule has 31 heavy (non-hydrogen) atoms.